The molecule has 33 heavy (non-hydrogen) atoms. The molecule has 0 fully saturated rings. The third-order valence-corrected chi connectivity index (χ3v) is 5.70. The minimum Gasteiger partial charge on any atom is -0.496 e. The van der Waals surface area contributed by atoms with Gasteiger partial charge in [-0.2, -0.15) is 0 Å². The molecule has 4 rings (SSSR count). The van der Waals surface area contributed by atoms with Gasteiger partial charge in [-0.15, -0.1) is 0 Å². The quantitative estimate of drug-likeness (QED) is 0.335. The van der Waals surface area contributed by atoms with Gasteiger partial charge in [0.15, 0.2) is 0 Å². The lowest BCUT2D eigenvalue weighted by atomic mass is 9.98. The van der Waals surface area contributed by atoms with Crippen molar-refractivity contribution in [3.8, 4) is 22.6 Å². The highest BCUT2D eigenvalue weighted by molar-refractivity contribution is 6.05. The zero-order chi connectivity index (χ0) is 23.5. The van der Waals surface area contributed by atoms with Crippen molar-refractivity contribution in [2.75, 3.05) is 19.5 Å². The van der Waals surface area contributed by atoms with Gasteiger partial charge < -0.3 is 19.2 Å². The summed E-state index contributed by atoms with van der Waals surface area (Å²) < 4.78 is 17.0. The predicted octanol–water partition coefficient (Wildman–Crippen LogP) is 6.78. The summed E-state index contributed by atoms with van der Waals surface area (Å²) in [4.78, 5) is 12.8. The van der Waals surface area contributed by atoms with E-state index in [1.54, 1.807) is 26.6 Å². The van der Waals surface area contributed by atoms with E-state index >= 15 is 0 Å². The van der Waals surface area contributed by atoms with Crippen LogP contribution >= 0.6 is 0 Å². The number of para-hydroxylation sites is 1. The second-order valence-corrected chi connectivity index (χ2v) is 8.03. The van der Waals surface area contributed by atoms with Gasteiger partial charge in [-0.25, -0.2) is 0 Å². The highest BCUT2D eigenvalue weighted by Gasteiger charge is 2.17. The Hall–Kier alpha value is -3.99. The lowest BCUT2D eigenvalue weighted by Gasteiger charge is -2.11. The summed E-state index contributed by atoms with van der Waals surface area (Å²) in [6, 6.07) is 17.6. The molecule has 0 spiro atoms. The highest BCUT2D eigenvalue weighted by atomic mass is 16.5. The van der Waals surface area contributed by atoms with Crippen LogP contribution < -0.4 is 14.8 Å². The van der Waals surface area contributed by atoms with Crippen LogP contribution in [0.3, 0.4) is 0 Å². The molecule has 0 saturated carbocycles. The van der Waals surface area contributed by atoms with Crippen molar-refractivity contribution in [1.29, 1.82) is 0 Å². The summed E-state index contributed by atoms with van der Waals surface area (Å²) >= 11 is 0. The monoisotopic (exact) mass is 441 g/mol. The van der Waals surface area contributed by atoms with Gasteiger partial charge in [0, 0.05) is 39.9 Å². The lowest BCUT2D eigenvalue weighted by molar-refractivity contribution is -0.111. The summed E-state index contributed by atoms with van der Waals surface area (Å²) in [7, 11) is 3.26. The largest absolute Gasteiger partial charge is 0.496 e. The van der Waals surface area contributed by atoms with Crippen molar-refractivity contribution in [3.63, 3.8) is 0 Å². The number of benzene rings is 3. The first-order chi connectivity index (χ1) is 15.9. The van der Waals surface area contributed by atoms with E-state index in [2.05, 4.69) is 5.32 Å². The molecule has 0 aliphatic heterocycles. The first-order valence-electron chi connectivity index (χ1n) is 10.7. The normalized spacial score (nSPS) is 11.5. The second-order valence-electron chi connectivity index (χ2n) is 8.03. The first-order valence-corrected chi connectivity index (χ1v) is 10.7. The van der Waals surface area contributed by atoms with E-state index in [9.17, 15) is 4.79 Å². The summed E-state index contributed by atoms with van der Waals surface area (Å²) in [5.41, 5.74) is 7.12. The summed E-state index contributed by atoms with van der Waals surface area (Å²) in [6.07, 6.45) is 3.31. The molecule has 1 aromatic heterocycles. The number of hydrogen-bond acceptors (Lipinski definition) is 4. The molecule has 168 valence electrons. The Balaban J connectivity index is 1.73. The zero-order valence-electron chi connectivity index (χ0n) is 19.5. The number of methoxy groups -OCH3 is 2. The number of rotatable bonds is 6. The number of fused-ring (bicyclic) bond motifs is 1. The van der Waals surface area contributed by atoms with E-state index in [-0.39, 0.29) is 5.91 Å². The highest BCUT2D eigenvalue weighted by Crippen LogP contribution is 2.40. The average Bonchev–Trinajstić information content (AvgIpc) is 3.22. The fourth-order valence-corrected chi connectivity index (χ4v) is 4.00. The number of aryl methyl sites for hydroxylation is 2. The van der Waals surface area contributed by atoms with Gasteiger partial charge >= 0.3 is 0 Å². The van der Waals surface area contributed by atoms with Gasteiger partial charge in [0.05, 0.1) is 20.5 Å². The summed E-state index contributed by atoms with van der Waals surface area (Å²) in [5.74, 6) is 1.20. The SMILES string of the molecule is COc1cc2occ(-c3ccccc3OC)c2cc1/C(C)=C/C(=O)Nc1ccc(C)cc1C. The molecule has 3 aromatic carbocycles. The third-order valence-electron chi connectivity index (χ3n) is 5.70. The molecule has 1 amide bonds. The van der Waals surface area contributed by atoms with E-state index in [0.29, 0.717) is 11.3 Å². The number of allylic oxidation sites excluding steroid dienone is 1. The Morgan fingerprint density at radius 3 is 2.42 bits per heavy atom. The van der Waals surface area contributed by atoms with Gasteiger partial charge in [-0.1, -0.05) is 35.9 Å². The predicted molar refractivity (Wildman–Crippen MR) is 133 cm³/mol. The number of ether oxygens (including phenoxy) is 2. The number of nitrogens with one attached hydrogen (secondary N) is 1. The summed E-state index contributed by atoms with van der Waals surface area (Å²) in [5, 5.41) is 3.88. The van der Waals surface area contributed by atoms with Crippen molar-refractivity contribution >= 4 is 28.1 Å². The number of amides is 1. The molecule has 1 heterocycles. The molecule has 1 N–H and O–H groups in total. The number of furan rings is 1. The van der Waals surface area contributed by atoms with E-state index in [4.69, 9.17) is 13.9 Å². The van der Waals surface area contributed by atoms with Crippen LogP contribution in [0.5, 0.6) is 11.5 Å². The summed E-state index contributed by atoms with van der Waals surface area (Å²) in [6.45, 7) is 5.91. The number of carbonyl (C=O) groups excluding carboxylic acids is 1. The molecule has 0 atom stereocenters. The van der Waals surface area contributed by atoms with Gasteiger partial charge in [0.2, 0.25) is 5.91 Å². The van der Waals surface area contributed by atoms with Crippen LogP contribution in [0, 0.1) is 13.8 Å². The van der Waals surface area contributed by atoms with E-state index in [0.717, 1.165) is 50.2 Å². The number of carbonyl (C=O) groups is 1. The van der Waals surface area contributed by atoms with Gasteiger partial charge in [-0.3, -0.25) is 4.79 Å². The van der Waals surface area contributed by atoms with Crippen LogP contribution in [-0.4, -0.2) is 20.1 Å². The standard InChI is InChI=1S/C28H27NO4/c1-17-10-11-24(19(3)12-17)29-28(30)13-18(2)21-14-22-23(16-33-27(22)15-26(21)32-5)20-8-6-7-9-25(20)31-4/h6-16H,1-5H3,(H,29,30)/b18-13+. The van der Waals surface area contributed by atoms with Crippen LogP contribution in [0.2, 0.25) is 0 Å². The lowest BCUT2D eigenvalue weighted by Crippen LogP contribution is -2.10. The van der Waals surface area contributed by atoms with Gasteiger partial charge in [0.1, 0.15) is 17.1 Å². The molecule has 0 aliphatic rings. The Morgan fingerprint density at radius 2 is 1.70 bits per heavy atom. The minimum atomic E-state index is -0.196. The van der Waals surface area contributed by atoms with Crippen LogP contribution in [0.15, 0.2) is 71.4 Å². The fraction of sp³-hybridized carbons (Fsp3) is 0.179. The minimum absolute atomic E-state index is 0.196. The van der Waals surface area contributed by atoms with Crippen molar-refractivity contribution in [1.82, 2.24) is 0 Å². The fourth-order valence-electron chi connectivity index (χ4n) is 4.00. The van der Waals surface area contributed by atoms with E-state index in [1.165, 1.54) is 0 Å². The Kier molecular flexibility index (Phi) is 6.22. The topological polar surface area (TPSA) is 60.7 Å². The Bertz CT molecular complexity index is 1360. The molecule has 5 heteroatoms. The molecule has 0 bridgehead atoms. The maximum atomic E-state index is 12.8. The molecule has 0 radical (unpaired) electrons. The van der Waals surface area contributed by atoms with Crippen molar-refractivity contribution < 1.29 is 18.7 Å². The molecule has 0 aliphatic carbocycles. The first kappa shape index (κ1) is 22.2. The van der Waals surface area contributed by atoms with E-state index < -0.39 is 0 Å². The third kappa shape index (κ3) is 4.48. The molecule has 0 saturated heterocycles. The molecular formula is C28H27NO4. The maximum absolute atomic E-state index is 12.8. The van der Waals surface area contributed by atoms with Gasteiger partial charge in [-0.05, 0) is 50.1 Å². The van der Waals surface area contributed by atoms with Crippen LogP contribution in [-0.2, 0) is 4.79 Å². The number of hydrogen-bond donors (Lipinski definition) is 1. The van der Waals surface area contributed by atoms with Crippen LogP contribution in [0.25, 0.3) is 27.7 Å². The molecular weight excluding hydrogens is 414 g/mol. The Morgan fingerprint density at radius 1 is 0.939 bits per heavy atom. The average molecular weight is 442 g/mol. The van der Waals surface area contributed by atoms with Crippen molar-refractivity contribution in [2.45, 2.75) is 20.8 Å². The van der Waals surface area contributed by atoms with Gasteiger partial charge in [0.25, 0.3) is 0 Å². The van der Waals surface area contributed by atoms with Crippen molar-refractivity contribution in [3.05, 3.63) is 83.6 Å². The van der Waals surface area contributed by atoms with E-state index in [1.807, 2.05) is 75.4 Å². The molecule has 4 aromatic rings. The maximum Gasteiger partial charge on any atom is 0.248 e. The molecule has 0 unspecified atom stereocenters. The van der Waals surface area contributed by atoms with Crippen molar-refractivity contribution in [2.24, 2.45) is 0 Å². The van der Waals surface area contributed by atoms with Crippen LogP contribution in [0.1, 0.15) is 23.6 Å². The van der Waals surface area contributed by atoms with Crippen LogP contribution in [0.4, 0.5) is 5.69 Å². The smallest absolute Gasteiger partial charge is 0.248 e. The molecule has 5 nitrogen and oxygen atoms in total. The number of anilines is 1. The Labute approximate surface area is 193 Å². The zero-order valence-corrected chi connectivity index (χ0v) is 19.5. The second kappa shape index (κ2) is 9.25.